The predicted octanol–water partition coefficient (Wildman–Crippen LogP) is 4.03. The van der Waals surface area contributed by atoms with Crippen LogP contribution < -0.4 is 5.32 Å². The number of rotatable bonds is 3. The Labute approximate surface area is 130 Å². The molecule has 0 bridgehead atoms. The smallest absolute Gasteiger partial charge is 0.270 e. The average molecular weight is 290 g/mol. The molecule has 2 aromatic carbocycles. The summed E-state index contributed by atoms with van der Waals surface area (Å²) in [5.74, 6) is -0.149. The Bertz CT molecular complexity index is 826. The monoisotopic (exact) mass is 290 g/mol. The van der Waals surface area contributed by atoms with Crippen LogP contribution in [-0.2, 0) is 0 Å². The summed E-state index contributed by atoms with van der Waals surface area (Å²) in [7, 11) is 0. The first-order valence-electron chi connectivity index (χ1n) is 7.37. The van der Waals surface area contributed by atoms with Gasteiger partial charge in [-0.25, -0.2) is 4.98 Å². The molecule has 0 unspecified atom stereocenters. The molecule has 3 nitrogen and oxygen atoms in total. The summed E-state index contributed by atoms with van der Waals surface area (Å²) in [6.07, 6.45) is 0. The van der Waals surface area contributed by atoms with E-state index in [0.717, 1.165) is 11.3 Å². The third-order valence-corrected chi connectivity index (χ3v) is 3.74. The molecule has 0 aliphatic rings. The molecule has 1 heterocycles. The summed E-state index contributed by atoms with van der Waals surface area (Å²) >= 11 is 0. The molecule has 3 rings (SSSR count). The van der Waals surface area contributed by atoms with E-state index in [4.69, 9.17) is 0 Å². The molecule has 0 radical (unpaired) electrons. The Kier molecular flexibility index (Phi) is 3.88. The van der Waals surface area contributed by atoms with Gasteiger partial charge < -0.3 is 5.32 Å². The SMILES string of the molecule is Cc1cccc(C(=O)N[C@@H](C)c2ccc3ccccc3c2)n1. The Balaban J connectivity index is 1.80. The van der Waals surface area contributed by atoms with Crippen LogP contribution in [0.4, 0.5) is 0 Å². The number of nitrogens with zero attached hydrogens (tertiary/aromatic N) is 1. The first-order valence-corrected chi connectivity index (χ1v) is 7.37. The second-order valence-electron chi connectivity index (χ2n) is 5.47. The summed E-state index contributed by atoms with van der Waals surface area (Å²) < 4.78 is 0. The molecule has 110 valence electrons. The van der Waals surface area contributed by atoms with Crippen LogP contribution in [0.5, 0.6) is 0 Å². The lowest BCUT2D eigenvalue weighted by Gasteiger charge is -2.15. The van der Waals surface area contributed by atoms with Crippen molar-refractivity contribution < 1.29 is 4.79 Å². The zero-order valence-corrected chi connectivity index (χ0v) is 12.7. The maximum absolute atomic E-state index is 12.3. The van der Waals surface area contributed by atoms with Gasteiger partial charge in [0.05, 0.1) is 6.04 Å². The maximum Gasteiger partial charge on any atom is 0.270 e. The number of carbonyl (C=O) groups excluding carboxylic acids is 1. The van der Waals surface area contributed by atoms with E-state index < -0.39 is 0 Å². The first kappa shape index (κ1) is 14.3. The highest BCUT2D eigenvalue weighted by atomic mass is 16.1. The van der Waals surface area contributed by atoms with E-state index in [9.17, 15) is 4.79 Å². The van der Waals surface area contributed by atoms with Crippen molar-refractivity contribution in [2.75, 3.05) is 0 Å². The molecule has 0 saturated heterocycles. The number of nitrogens with one attached hydrogen (secondary N) is 1. The highest BCUT2D eigenvalue weighted by Gasteiger charge is 2.12. The van der Waals surface area contributed by atoms with Crippen molar-refractivity contribution in [1.29, 1.82) is 0 Å². The number of fused-ring (bicyclic) bond motifs is 1. The van der Waals surface area contributed by atoms with E-state index in [0.29, 0.717) is 5.69 Å². The van der Waals surface area contributed by atoms with Crippen LogP contribution in [0.25, 0.3) is 10.8 Å². The number of carbonyl (C=O) groups is 1. The van der Waals surface area contributed by atoms with E-state index in [1.807, 2.05) is 38.1 Å². The molecule has 22 heavy (non-hydrogen) atoms. The molecule has 3 heteroatoms. The molecule has 1 N–H and O–H groups in total. The van der Waals surface area contributed by atoms with Crippen LogP contribution in [0.3, 0.4) is 0 Å². The number of aryl methyl sites for hydroxylation is 1. The number of aromatic nitrogens is 1. The van der Waals surface area contributed by atoms with Gasteiger partial charge >= 0.3 is 0 Å². The molecule has 0 saturated carbocycles. The van der Waals surface area contributed by atoms with Gasteiger partial charge in [-0.3, -0.25) is 4.79 Å². The quantitative estimate of drug-likeness (QED) is 0.791. The van der Waals surface area contributed by atoms with Crippen LogP contribution >= 0.6 is 0 Å². The van der Waals surface area contributed by atoms with Crippen LogP contribution in [0.2, 0.25) is 0 Å². The molecule has 1 atom stereocenters. The van der Waals surface area contributed by atoms with E-state index in [1.54, 1.807) is 6.07 Å². The Morgan fingerprint density at radius 1 is 1.00 bits per heavy atom. The topological polar surface area (TPSA) is 42.0 Å². The zero-order chi connectivity index (χ0) is 15.5. The second kappa shape index (κ2) is 5.98. The molecule has 0 fully saturated rings. The normalized spacial score (nSPS) is 12.1. The van der Waals surface area contributed by atoms with Gasteiger partial charge in [0.15, 0.2) is 0 Å². The molecule has 0 aliphatic carbocycles. The van der Waals surface area contributed by atoms with Gasteiger partial charge in [-0.1, -0.05) is 42.5 Å². The highest BCUT2D eigenvalue weighted by molar-refractivity contribution is 5.92. The van der Waals surface area contributed by atoms with Crippen molar-refractivity contribution in [3.63, 3.8) is 0 Å². The van der Waals surface area contributed by atoms with Gasteiger partial charge in [0.2, 0.25) is 0 Å². The highest BCUT2D eigenvalue weighted by Crippen LogP contribution is 2.20. The molecular formula is C19H18N2O. The molecule has 1 aromatic heterocycles. The third kappa shape index (κ3) is 2.98. The number of amides is 1. The van der Waals surface area contributed by atoms with Crippen molar-refractivity contribution in [3.8, 4) is 0 Å². The van der Waals surface area contributed by atoms with Crippen molar-refractivity contribution in [2.24, 2.45) is 0 Å². The fourth-order valence-corrected chi connectivity index (χ4v) is 2.50. The maximum atomic E-state index is 12.3. The van der Waals surface area contributed by atoms with Gasteiger partial charge in [0.25, 0.3) is 5.91 Å². The van der Waals surface area contributed by atoms with Crippen molar-refractivity contribution >= 4 is 16.7 Å². The first-order chi connectivity index (χ1) is 10.6. The van der Waals surface area contributed by atoms with Crippen LogP contribution in [0.1, 0.15) is 34.7 Å². The van der Waals surface area contributed by atoms with Gasteiger partial charge in [-0.15, -0.1) is 0 Å². The van der Waals surface area contributed by atoms with Gasteiger partial charge in [0, 0.05) is 5.69 Å². The fourth-order valence-electron chi connectivity index (χ4n) is 2.50. The van der Waals surface area contributed by atoms with E-state index in [1.165, 1.54) is 10.8 Å². The van der Waals surface area contributed by atoms with Crippen molar-refractivity contribution in [1.82, 2.24) is 10.3 Å². The number of hydrogen-bond donors (Lipinski definition) is 1. The van der Waals surface area contributed by atoms with Crippen LogP contribution in [-0.4, -0.2) is 10.9 Å². The Hall–Kier alpha value is -2.68. The largest absolute Gasteiger partial charge is 0.344 e. The van der Waals surface area contributed by atoms with Crippen LogP contribution in [0, 0.1) is 6.92 Å². The third-order valence-electron chi connectivity index (χ3n) is 3.74. The summed E-state index contributed by atoms with van der Waals surface area (Å²) in [4.78, 5) is 16.5. The summed E-state index contributed by atoms with van der Waals surface area (Å²) in [5.41, 5.74) is 2.37. The van der Waals surface area contributed by atoms with Gasteiger partial charge in [-0.2, -0.15) is 0 Å². The van der Waals surface area contributed by atoms with E-state index >= 15 is 0 Å². The lowest BCUT2D eigenvalue weighted by atomic mass is 10.0. The number of hydrogen-bond acceptors (Lipinski definition) is 2. The molecule has 0 aliphatic heterocycles. The van der Waals surface area contributed by atoms with Gasteiger partial charge in [0.1, 0.15) is 5.69 Å². The Morgan fingerprint density at radius 2 is 1.77 bits per heavy atom. The minimum absolute atomic E-state index is 0.0700. The molecule has 3 aromatic rings. The van der Waals surface area contributed by atoms with Crippen molar-refractivity contribution in [3.05, 3.63) is 77.6 Å². The fraction of sp³-hybridized carbons (Fsp3) is 0.158. The predicted molar refractivity (Wildman–Crippen MR) is 88.8 cm³/mol. The molecular weight excluding hydrogens is 272 g/mol. The summed E-state index contributed by atoms with van der Waals surface area (Å²) in [6, 6.07) is 19.8. The summed E-state index contributed by atoms with van der Waals surface area (Å²) in [6.45, 7) is 3.86. The number of pyridine rings is 1. The minimum Gasteiger partial charge on any atom is -0.344 e. The molecule has 1 amide bonds. The lowest BCUT2D eigenvalue weighted by Crippen LogP contribution is -2.27. The average Bonchev–Trinajstić information content (AvgIpc) is 2.54. The number of benzene rings is 2. The minimum atomic E-state index is -0.149. The zero-order valence-electron chi connectivity index (χ0n) is 12.7. The van der Waals surface area contributed by atoms with Gasteiger partial charge in [-0.05, 0) is 48.4 Å². The second-order valence-corrected chi connectivity index (χ2v) is 5.47. The van der Waals surface area contributed by atoms with Crippen LogP contribution in [0.15, 0.2) is 60.7 Å². The van der Waals surface area contributed by atoms with E-state index in [2.05, 4.69) is 40.6 Å². The standard InChI is InChI=1S/C19H18N2O/c1-13-6-5-9-18(20-13)19(22)21-14(2)16-11-10-15-7-3-4-8-17(15)12-16/h3-12,14H,1-2H3,(H,21,22)/t14-/m0/s1. The lowest BCUT2D eigenvalue weighted by molar-refractivity contribution is 0.0934. The summed E-state index contributed by atoms with van der Waals surface area (Å²) in [5, 5.41) is 5.38. The van der Waals surface area contributed by atoms with Crippen molar-refractivity contribution in [2.45, 2.75) is 19.9 Å². The van der Waals surface area contributed by atoms with E-state index in [-0.39, 0.29) is 11.9 Å². The Morgan fingerprint density at radius 3 is 2.55 bits per heavy atom. The molecule has 0 spiro atoms.